The van der Waals surface area contributed by atoms with Gasteiger partial charge in [-0.1, -0.05) is 0 Å². The monoisotopic (exact) mass is 227 g/mol. The summed E-state index contributed by atoms with van der Waals surface area (Å²) in [5, 5.41) is 12.1. The molecule has 0 aromatic heterocycles. The van der Waals surface area contributed by atoms with Crippen LogP contribution in [0.2, 0.25) is 0 Å². The highest BCUT2D eigenvalue weighted by atomic mass is 19.3. The van der Waals surface area contributed by atoms with Crippen molar-refractivity contribution in [3.63, 3.8) is 0 Å². The van der Waals surface area contributed by atoms with E-state index >= 15 is 0 Å². The molecule has 1 aliphatic heterocycles. The lowest BCUT2D eigenvalue weighted by Gasteiger charge is -2.20. The molecule has 1 aliphatic rings. The van der Waals surface area contributed by atoms with Gasteiger partial charge < -0.3 is 10.4 Å². The van der Waals surface area contributed by atoms with Crippen LogP contribution in [0.4, 0.5) is 8.78 Å². The summed E-state index contributed by atoms with van der Waals surface area (Å²) in [5.41, 5.74) is -0.0287. The standard InChI is InChI=1S/C12H15F2NO/c13-12(14,8-10-2-1-7-15-10)9-3-5-11(16)6-4-9/h3-6,10,15-16H,1-2,7-8H2. The normalized spacial score (nSPS) is 21.2. The summed E-state index contributed by atoms with van der Waals surface area (Å²) in [6.45, 7) is 0.830. The van der Waals surface area contributed by atoms with E-state index in [0.29, 0.717) is 0 Å². The van der Waals surface area contributed by atoms with Gasteiger partial charge in [0, 0.05) is 18.0 Å². The molecule has 16 heavy (non-hydrogen) atoms. The first-order valence-electron chi connectivity index (χ1n) is 5.49. The van der Waals surface area contributed by atoms with Gasteiger partial charge in [0.15, 0.2) is 0 Å². The molecular weight excluding hydrogens is 212 g/mol. The van der Waals surface area contributed by atoms with Gasteiger partial charge in [-0.15, -0.1) is 0 Å². The number of nitrogens with one attached hydrogen (secondary N) is 1. The third kappa shape index (κ3) is 2.50. The summed E-state index contributed by atoms with van der Waals surface area (Å²) in [4.78, 5) is 0. The van der Waals surface area contributed by atoms with E-state index < -0.39 is 5.92 Å². The fourth-order valence-electron chi connectivity index (χ4n) is 2.06. The van der Waals surface area contributed by atoms with Crippen LogP contribution in [0.5, 0.6) is 5.75 Å². The number of halogens is 2. The van der Waals surface area contributed by atoms with Gasteiger partial charge in [0.2, 0.25) is 0 Å². The van der Waals surface area contributed by atoms with Gasteiger partial charge >= 0.3 is 0 Å². The number of phenols is 1. The average Bonchev–Trinajstić information content (AvgIpc) is 2.70. The Morgan fingerprint density at radius 1 is 1.31 bits per heavy atom. The van der Waals surface area contributed by atoms with Gasteiger partial charge in [-0.25, -0.2) is 8.78 Å². The van der Waals surface area contributed by atoms with Crippen molar-refractivity contribution in [2.24, 2.45) is 0 Å². The van der Waals surface area contributed by atoms with Crippen molar-refractivity contribution in [3.8, 4) is 5.75 Å². The molecule has 1 aromatic rings. The third-order valence-corrected chi connectivity index (χ3v) is 2.95. The van der Waals surface area contributed by atoms with Gasteiger partial charge in [-0.05, 0) is 43.7 Å². The summed E-state index contributed by atoms with van der Waals surface area (Å²) in [6.07, 6.45) is 1.61. The maximum atomic E-state index is 13.8. The average molecular weight is 227 g/mol. The molecule has 0 aliphatic carbocycles. The van der Waals surface area contributed by atoms with Crippen LogP contribution in [0.15, 0.2) is 24.3 Å². The van der Waals surface area contributed by atoms with Gasteiger partial charge in [0.1, 0.15) is 5.75 Å². The van der Waals surface area contributed by atoms with Crippen molar-refractivity contribution < 1.29 is 13.9 Å². The van der Waals surface area contributed by atoms with Crippen LogP contribution in [0.1, 0.15) is 24.8 Å². The molecule has 2 N–H and O–H groups in total. The Morgan fingerprint density at radius 3 is 2.56 bits per heavy atom. The van der Waals surface area contributed by atoms with E-state index in [1.807, 2.05) is 0 Å². The Hall–Kier alpha value is -1.16. The zero-order valence-corrected chi connectivity index (χ0v) is 8.92. The van der Waals surface area contributed by atoms with E-state index in [0.717, 1.165) is 19.4 Å². The molecule has 2 rings (SSSR count). The second-order valence-corrected chi connectivity index (χ2v) is 4.25. The fraction of sp³-hybridized carbons (Fsp3) is 0.500. The van der Waals surface area contributed by atoms with Gasteiger partial charge in [-0.2, -0.15) is 0 Å². The smallest absolute Gasteiger partial charge is 0.274 e. The molecule has 0 saturated carbocycles. The SMILES string of the molecule is Oc1ccc(C(F)(F)CC2CCCN2)cc1. The van der Waals surface area contributed by atoms with Crippen molar-refractivity contribution in [2.45, 2.75) is 31.2 Å². The fourth-order valence-corrected chi connectivity index (χ4v) is 2.06. The minimum atomic E-state index is -2.82. The second kappa shape index (κ2) is 4.37. The molecule has 88 valence electrons. The van der Waals surface area contributed by atoms with Crippen LogP contribution in [0, 0.1) is 0 Å². The van der Waals surface area contributed by atoms with E-state index in [9.17, 15) is 8.78 Å². The van der Waals surface area contributed by atoms with Gasteiger partial charge in [0.05, 0.1) is 0 Å². The summed E-state index contributed by atoms with van der Waals surface area (Å²) in [6, 6.07) is 5.06. The molecular formula is C12H15F2NO. The molecule has 1 heterocycles. The molecule has 0 amide bonds. The maximum absolute atomic E-state index is 13.8. The number of hydrogen-bond acceptors (Lipinski definition) is 2. The Bertz CT molecular complexity index is 345. The van der Waals surface area contributed by atoms with Crippen molar-refractivity contribution >= 4 is 0 Å². The first kappa shape index (κ1) is 11.3. The summed E-state index contributed by atoms with van der Waals surface area (Å²) in [5.74, 6) is -2.81. The lowest BCUT2D eigenvalue weighted by Crippen LogP contribution is -2.29. The molecule has 1 unspecified atom stereocenters. The first-order chi connectivity index (χ1) is 7.58. The van der Waals surface area contributed by atoms with Crippen LogP contribution < -0.4 is 5.32 Å². The Labute approximate surface area is 93.3 Å². The second-order valence-electron chi connectivity index (χ2n) is 4.25. The number of alkyl halides is 2. The molecule has 1 fully saturated rings. The highest BCUT2D eigenvalue weighted by Gasteiger charge is 2.35. The van der Waals surface area contributed by atoms with E-state index in [-0.39, 0.29) is 23.8 Å². The van der Waals surface area contributed by atoms with Crippen molar-refractivity contribution in [2.75, 3.05) is 6.54 Å². The molecule has 0 spiro atoms. The number of aromatic hydroxyl groups is 1. The highest BCUT2D eigenvalue weighted by molar-refractivity contribution is 5.28. The third-order valence-electron chi connectivity index (χ3n) is 2.95. The molecule has 1 saturated heterocycles. The molecule has 0 bridgehead atoms. The Kier molecular flexibility index (Phi) is 3.10. The molecule has 1 atom stereocenters. The van der Waals surface area contributed by atoms with Crippen molar-refractivity contribution in [3.05, 3.63) is 29.8 Å². The van der Waals surface area contributed by atoms with Crippen molar-refractivity contribution in [1.29, 1.82) is 0 Å². The van der Waals surface area contributed by atoms with Crippen LogP contribution in [0.25, 0.3) is 0 Å². The quantitative estimate of drug-likeness (QED) is 0.832. The number of phenolic OH excluding ortho intramolecular Hbond substituents is 1. The minimum Gasteiger partial charge on any atom is -0.508 e. The number of benzene rings is 1. The zero-order chi connectivity index (χ0) is 11.6. The van der Waals surface area contributed by atoms with Crippen LogP contribution in [-0.2, 0) is 5.92 Å². The van der Waals surface area contributed by atoms with Crippen LogP contribution in [0.3, 0.4) is 0 Å². The van der Waals surface area contributed by atoms with E-state index in [4.69, 9.17) is 5.11 Å². The minimum absolute atomic E-state index is 0.0125. The van der Waals surface area contributed by atoms with Gasteiger partial charge in [-0.3, -0.25) is 0 Å². The Balaban J connectivity index is 2.07. The molecule has 1 aromatic carbocycles. The lowest BCUT2D eigenvalue weighted by atomic mass is 10.00. The molecule has 2 nitrogen and oxygen atoms in total. The highest BCUT2D eigenvalue weighted by Crippen LogP contribution is 2.35. The van der Waals surface area contributed by atoms with Gasteiger partial charge in [0.25, 0.3) is 5.92 Å². The lowest BCUT2D eigenvalue weighted by molar-refractivity contribution is -0.0213. The van der Waals surface area contributed by atoms with E-state index in [2.05, 4.69) is 5.32 Å². The maximum Gasteiger partial charge on any atom is 0.274 e. The topological polar surface area (TPSA) is 32.3 Å². The predicted molar refractivity (Wildman–Crippen MR) is 57.6 cm³/mol. The largest absolute Gasteiger partial charge is 0.508 e. The predicted octanol–water partition coefficient (Wildman–Crippen LogP) is 2.63. The summed E-state index contributed by atoms with van der Waals surface area (Å²) < 4.78 is 27.6. The number of rotatable bonds is 3. The molecule has 0 radical (unpaired) electrons. The van der Waals surface area contributed by atoms with Crippen LogP contribution >= 0.6 is 0 Å². The Morgan fingerprint density at radius 2 is 2.00 bits per heavy atom. The van der Waals surface area contributed by atoms with E-state index in [1.165, 1.54) is 24.3 Å². The van der Waals surface area contributed by atoms with E-state index in [1.54, 1.807) is 0 Å². The number of hydrogen-bond donors (Lipinski definition) is 2. The van der Waals surface area contributed by atoms with Crippen molar-refractivity contribution in [1.82, 2.24) is 5.32 Å². The zero-order valence-electron chi connectivity index (χ0n) is 8.92. The first-order valence-corrected chi connectivity index (χ1v) is 5.49. The summed E-state index contributed by atoms with van der Waals surface area (Å²) in [7, 11) is 0. The molecule has 4 heteroatoms. The van der Waals surface area contributed by atoms with Crippen LogP contribution in [-0.4, -0.2) is 17.7 Å². The summed E-state index contributed by atoms with van der Waals surface area (Å²) >= 11 is 0.